The highest BCUT2D eigenvalue weighted by Gasteiger charge is 2.31. The highest BCUT2D eigenvalue weighted by molar-refractivity contribution is 4.85. The van der Waals surface area contributed by atoms with Crippen LogP contribution in [-0.2, 0) is 0 Å². The largest absolute Gasteiger partial charge is 0.316 e. The van der Waals surface area contributed by atoms with Gasteiger partial charge in [-0.2, -0.15) is 0 Å². The van der Waals surface area contributed by atoms with Gasteiger partial charge in [0.2, 0.25) is 0 Å². The van der Waals surface area contributed by atoms with E-state index in [1.165, 1.54) is 58.3 Å². The van der Waals surface area contributed by atoms with E-state index in [9.17, 15) is 0 Å². The molecule has 0 bridgehead atoms. The average Bonchev–Trinajstić information content (AvgIpc) is 3.21. The van der Waals surface area contributed by atoms with Crippen molar-refractivity contribution in [3.05, 3.63) is 0 Å². The first-order valence-electron chi connectivity index (χ1n) is 8.98. The van der Waals surface area contributed by atoms with Crippen LogP contribution in [0.3, 0.4) is 0 Å². The summed E-state index contributed by atoms with van der Waals surface area (Å²) >= 11 is 0. The van der Waals surface area contributed by atoms with E-state index < -0.39 is 0 Å². The summed E-state index contributed by atoms with van der Waals surface area (Å²) in [6.07, 6.45) is 6.81. The van der Waals surface area contributed by atoms with Gasteiger partial charge in [-0.25, -0.2) is 0 Å². The molecule has 1 rings (SSSR count). The SMILES string of the molecule is CCCN(CC1CC1)CC(CC)(CC)CNCC(C)C. The van der Waals surface area contributed by atoms with Crippen LogP contribution in [0.15, 0.2) is 0 Å². The molecular weight excluding hydrogens is 244 g/mol. The normalized spacial score (nSPS) is 16.4. The van der Waals surface area contributed by atoms with Crippen LogP contribution in [0.25, 0.3) is 0 Å². The lowest BCUT2D eigenvalue weighted by Gasteiger charge is -2.38. The molecule has 0 unspecified atom stereocenters. The summed E-state index contributed by atoms with van der Waals surface area (Å²) in [6, 6.07) is 0. The Hall–Kier alpha value is -0.0800. The van der Waals surface area contributed by atoms with Crippen LogP contribution in [0.1, 0.15) is 66.7 Å². The Bertz CT molecular complexity index is 242. The molecule has 0 aromatic heterocycles. The Morgan fingerprint density at radius 3 is 2.25 bits per heavy atom. The summed E-state index contributed by atoms with van der Waals surface area (Å²) in [6.45, 7) is 17.9. The fourth-order valence-electron chi connectivity index (χ4n) is 3.10. The number of nitrogens with zero attached hydrogens (tertiary/aromatic N) is 1. The molecule has 0 atom stereocenters. The molecule has 0 amide bonds. The van der Waals surface area contributed by atoms with Crippen LogP contribution in [0.5, 0.6) is 0 Å². The molecule has 120 valence electrons. The monoisotopic (exact) mass is 282 g/mol. The highest BCUT2D eigenvalue weighted by atomic mass is 15.1. The van der Waals surface area contributed by atoms with Crippen LogP contribution in [0.4, 0.5) is 0 Å². The maximum atomic E-state index is 3.72. The van der Waals surface area contributed by atoms with E-state index in [0.717, 1.165) is 18.4 Å². The third kappa shape index (κ3) is 6.58. The summed E-state index contributed by atoms with van der Waals surface area (Å²) < 4.78 is 0. The van der Waals surface area contributed by atoms with Gasteiger partial charge in [0.05, 0.1) is 0 Å². The molecule has 1 aliphatic rings. The molecule has 0 spiro atoms. The third-order valence-corrected chi connectivity index (χ3v) is 4.86. The molecule has 1 fully saturated rings. The molecule has 0 heterocycles. The van der Waals surface area contributed by atoms with Gasteiger partial charge in [0, 0.05) is 19.6 Å². The molecule has 1 aliphatic carbocycles. The molecule has 0 aromatic carbocycles. The quantitative estimate of drug-likeness (QED) is 0.578. The van der Waals surface area contributed by atoms with E-state index in [2.05, 4.69) is 44.8 Å². The van der Waals surface area contributed by atoms with Crippen molar-refractivity contribution in [2.24, 2.45) is 17.3 Å². The van der Waals surface area contributed by atoms with Crippen molar-refractivity contribution in [1.82, 2.24) is 10.2 Å². The van der Waals surface area contributed by atoms with Gasteiger partial charge < -0.3 is 10.2 Å². The first-order chi connectivity index (χ1) is 9.55. The van der Waals surface area contributed by atoms with Crippen LogP contribution in [0, 0.1) is 17.3 Å². The lowest BCUT2D eigenvalue weighted by Crippen LogP contribution is -2.45. The molecule has 1 N–H and O–H groups in total. The lowest BCUT2D eigenvalue weighted by atomic mass is 9.81. The van der Waals surface area contributed by atoms with E-state index in [4.69, 9.17) is 0 Å². The van der Waals surface area contributed by atoms with E-state index in [1.54, 1.807) is 0 Å². The molecule has 1 saturated carbocycles. The predicted octanol–water partition coefficient (Wildman–Crippen LogP) is 4.16. The van der Waals surface area contributed by atoms with Gasteiger partial charge in [-0.1, -0.05) is 34.6 Å². The maximum Gasteiger partial charge on any atom is 0.00500 e. The number of hydrogen-bond acceptors (Lipinski definition) is 2. The molecule has 0 aromatic rings. The minimum Gasteiger partial charge on any atom is -0.316 e. The van der Waals surface area contributed by atoms with Crippen molar-refractivity contribution >= 4 is 0 Å². The zero-order chi connectivity index (χ0) is 15.0. The van der Waals surface area contributed by atoms with Crippen LogP contribution >= 0.6 is 0 Å². The van der Waals surface area contributed by atoms with Gasteiger partial charge in [-0.3, -0.25) is 0 Å². The molecular formula is C18H38N2. The molecule has 0 radical (unpaired) electrons. The van der Waals surface area contributed by atoms with E-state index in [0.29, 0.717) is 5.41 Å². The molecule has 2 heteroatoms. The number of hydrogen-bond donors (Lipinski definition) is 1. The van der Waals surface area contributed by atoms with Crippen molar-refractivity contribution in [3.8, 4) is 0 Å². The van der Waals surface area contributed by atoms with Crippen molar-refractivity contribution in [2.75, 3.05) is 32.7 Å². The zero-order valence-corrected chi connectivity index (χ0v) is 14.7. The topological polar surface area (TPSA) is 15.3 Å². The van der Waals surface area contributed by atoms with E-state index >= 15 is 0 Å². The van der Waals surface area contributed by atoms with Crippen LogP contribution < -0.4 is 5.32 Å². The first kappa shape index (κ1) is 18.0. The molecule has 20 heavy (non-hydrogen) atoms. The fourth-order valence-corrected chi connectivity index (χ4v) is 3.10. The number of nitrogens with one attached hydrogen (secondary N) is 1. The third-order valence-electron chi connectivity index (χ3n) is 4.86. The Labute approximate surface area is 127 Å². The molecule has 2 nitrogen and oxygen atoms in total. The van der Waals surface area contributed by atoms with Gasteiger partial charge in [-0.15, -0.1) is 0 Å². The van der Waals surface area contributed by atoms with Gasteiger partial charge in [-0.05, 0) is 62.4 Å². The second kappa shape index (κ2) is 9.04. The highest BCUT2D eigenvalue weighted by Crippen LogP contribution is 2.32. The van der Waals surface area contributed by atoms with Gasteiger partial charge >= 0.3 is 0 Å². The number of rotatable bonds is 12. The van der Waals surface area contributed by atoms with E-state index in [-0.39, 0.29) is 0 Å². The second-order valence-corrected chi connectivity index (χ2v) is 7.41. The average molecular weight is 283 g/mol. The fraction of sp³-hybridized carbons (Fsp3) is 1.00. The van der Waals surface area contributed by atoms with Gasteiger partial charge in [0.1, 0.15) is 0 Å². The summed E-state index contributed by atoms with van der Waals surface area (Å²) in [5.74, 6) is 1.76. The minimum atomic E-state index is 0.471. The van der Waals surface area contributed by atoms with Crippen molar-refractivity contribution in [3.63, 3.8) is 0 Å². The smallest absolute Gasteiger partial charge is 0.00500 e. The van der Waals surface area contributed by atoms with Gasteiger partial charge in [0.25, 0.3) is 0 Å². The zero-order valence-electron chi connectivity index (χ0n) is 14.7. The Morgan fingerprint density at radius 1 is 1.15 bits per heavy atom. The lowest BCUT2D eigenvalue weighted by molar-refractivity contribution is 0.129. The van der Waals surface area contributed by atoms with Gasteiger partial charge in [0.15, 0.2) is 0 Å². The van der Waals surface area contributed by atoms with Crippen LogP contribution in [0.2, 0.25) is 0 Å². The Kier molecular flexibility index (Phi) is 8.13. The molecule has 0 saturated heterocycles. The summed E-state index contributed by atoms with van der Waals surface area (Å²) in [5, 5.41) is 3.72. The van der Waals surface area contributed by atoms with Crippen molar-refractivity contribution in [2.45, 2.75) is 66.7 Å². The minimum absolute atomic E-state index is 0.471. The second-order valence-electron chi connectivity index (χ2n) is 7.41. The van der Waals surface area contributed by atoms with E-state index in [1.807, 2.05) is 0 Å². The Balaban J connectivity index is 2.51. The predicted molar refractivity (Wildman–Crippen MR) is 90.2 cm³/mol. The maximum absolute atomic E-state index is 3.72. The summed E-state index contributed by atoms with van der Waals surface area (Å²) in [4.78, 5) is 2.75. The van der Waals surface area contributed by atoms with Crippen molar-refractivity contribution in [1.29, 1.82) is 0 Å². The summed E-state index contributed by atoms with van der Waals surface area (Å²) in [5.41, 5.74) is 0.471. The van der Waals surface area contributed by atoms with Crippen molar-refractivity contribution < 1.29 is 0 Å². The first-order valence-corrected chi connectivity index (χ1v) is 8.98. The standard InChI is InChI=1S/C18H38N2/c1-6-11-20(13-17-9-10-17)15-18(7-2,8-3)14-19-12-16(4)5/h16-17,19H,6-15H2,1-5H3. The summed E-state index contributed by atoms with van der Waals surface area (Å²) in [7, 11) is 0. The Morgan fingerprint density at radius 2 is 1.80 bits per heavy atom. The van der Waals surface area contributed by atoms with Crippen LogP contribution in [-0.4, -0.2) is 37.6 Å². The molecule has 0 aliphatic heterocycles.